The van der Waals surface area contributed by atoms with E-state index in [0.29, 0.717) is 11.6 Å². The monoisotopic (exact) mass is 370 g/mol. The molecular formula is C21H27FN4O. The first-order valence-corrected chi connectivity index (χ1v) is 9.90. The molecule has 0 saturated carbocycles. The van der Waals surface area contributed by atoms with Crippen molar-refractivity contribution >= 4 is 5.91 Å². The highest BCUT2D eigenvalue weighted by molar-refractivity contribution is 5.96. The molecule has 4 rings (SSSR count). The fourth-order valence-electron chi connectivity index (χ4n) is 4.48. The number of halogens is 1. The number of rotatable bonds is 3. The lowest BCUT2D eigenvalue weighted by molar-refractivity contribution is 0.0643. The number of carbonyl (C=O) groups is 1. The minimum absolute atomic E-state index is 0.0678. The molecule has 6 heteroatoms. The maximum Gasteiger partial charge on any atom is 0.257 e. The molecule has 0 spiro atoms. The van der Waals surface area contributed by atoms with E-state index < -0.39 is 0 Å². The van der Waals surface area contributed by atoms with Gasteiger partial charge in [0, 0.05) is 19.1 Å². The van der Waals surface area contributed by atoms with E-state index in [0.717, 1.165) is 43.0 Å². The predicted octanol–water partition coefficient (Wildman–Crippen LogP) is 3.33. The zero-order valence-corrected chi connectivity index (χ0v) is 16.1. The minimum Gasteiger partial charge on any atom is -0.338 e. The van der Waals surface area contributed by atoms with Crippen molar-refractivity contribution in [2.24, 2.45) is 0 Å². The van der Waals surface area contributed by atoms with Crippen LogP contribution in [0.4, 0.5) is 4.39 Å². The molecule has 0 N–H and O–H groups in total. The highest BCUT2D eigenvalue weighted by Gasteiger charge is 2.30. The van der Waals surface area contributed by atoms with Crippen LogP contribution in [0.3, 0.4) is 0 Å². The molecule has 2 aliphatic rings. The topological polar surface area (TPSA) is 41.4 Å². The van der Waals surface area contributed by atoms with Gasteiger partial charge in [0.05, 0.1) is 22.6 Å². The van der Waals surface area contributed by atoms with Crippen LogP contribution in [0.2, 0.25) is 0 Å². The van der Waals surface area contributed by atoms with E-state index in [9.17, 15) is 9.18 Å². The Hall–Kier alpha value is -2.21. The van der Waals surface area contributed by atoms with Crippen molar-refractivity contribution in [2.45, 2.75) is 45.6 Å². The quantitative estimate of drug-likeness (QED) is 0.832. The van der Waals surface area contributed by atoms with Gasteiger partial charge in [0.15, 0.2) is 0 Å². The first-order chi connectivity index (χ1) is 13.0. The van der Waals surface area contributed by atoms with Crippen LogP contribution in [-0.4, -0.2) is 57.7 Å². The lowest BCUT2D eigenvalue weighted by atomic mass is 10.0. The van der Waals surface area contributed by atoms with Gasteiger partial charge in [0.1, 0.15) is 5.82 Å². The number of hydrogen-bond donors (Lipinski definition) is 0. The third kappa shape index (κ3) is 3.50. The number of benzene rings is 1. The number of aromatic nitrogens is 2. The number of hydrogen-bond acceptors (Lipinski definition) is 3. The molecule has 2 fully saturated rings. The summed E-state index contributed by atoms with van der Waals surface area (Å²) in [6.07, 6.45) is 4.71. The Balaban J connectivity index is 1.50. The van der Waals surface area contributed by atoms with Crippen LogP contribution < -0.4 is 0 Å². The largest absolute Gasteiger partial charge is 0.338 e. The average molecular weight is 370 g/mol. The number of nitrogens with zero attached hydrogens (tertiary/aromatic N) is 4. The number of carbonyl (C=O) groups excluding carboxylic acids is 1. The first kappa shape index (κ1) is 18.2. The van der Waals surface area contributed by atoms with Gasteiger partial charge in [-0.3, -0.25) is 4.79 Å². The molecule has 0 unspecified atom stereocenters. The Kier molecular flexibility index (Phi) is 5.00. The fourth-order valence-corrected chi connectivity index (χ4v) is 4.48. The minimum atomic E-state index is -0.280. The molecule has 5 nitrogen and oxygen atoms in total. The summed E-state index contributed by atoms with van der Waals surface area (Å²) in [5.74, 6) is -0.212. The summed E-state index contributed by atoms with van der Waals surface area (Å²) in [7, 11) is 0. The Labute approximate surface area is 159 Å². The summed E-state index contributed by atoms with van der Waals surface area (Å²) in [5, 5.41) is 4.54. The zero-order valence-electron chi connectivity index (χ0n) is 16.1. The number of piperidine rings is 1. The smallest absolute Gasteiger partial charge is 0.257 e. The molecule has 27 heavy (non-hydrogen) atoms. The van der Waals surface area contributed by atoms with Gasteiger partial charge in [-0.2, -0.15) is 5.10 Å². The van der Waals surface area contributed by atoms with E-state index in [-0.39, 0.29) is 11.7 Å². The third-order valence-corrected chi connectivity index (χ3v) is 5.99. The molecule has 144 valence electrons. The summed E-state index contributed by atoms with van der Waals surface area (Å²) < 4.78 is 14.9. The van der Waals surface area contributed by atoms with Crippen LogP contribution >= 0.6 is 0 Å². The Morgan fingerprint density at radius 1 is 1.04 bits per heavy atom. The molecule has 0 aliphatic carbocycles. The molecule has 2 aliphatic heterocycles. The van der Waals surface area contributed by atoms with E-state index in [2.05, 4.69) is 10.00 Å². The van der Waals surface area contributed by atoms with E-state index >= 15 is 0 Å². The highest BCUT2D eigenvalue weighted by atomic mass is 19.1. The van der Waals surface area contributed by atoms with Gasteiger partial charge in [-0.05, 0) is 76.9 Å². The number of likely N-dealkylation sites (tertiary alicyclic amines) is 2. The van der Waals surface area contributed by atoms with Crippen LogP contribution in [0.15, 0.2) is 24.3 Å². The second-order valence-corrected chi connectivity index (χ2v) is 7.70. The fraction of sp³-hybridized carbons (Fsp3) is 0.524. The molecule has 0 radical (unpaired) electrons. The van der Waals surface area contributed by atoms with E-state index in [1.54, 1.807) is 16.8 Å². The van der Waals surface area contributed by atoms with Gasteiger partial charge in [0.2, 0.25) is 0 Å². The standard InChI is InChI=1S/C21H27FN4O/c1-15-20(16(2)26(23-15)19-7-5-17(22)6-8-19)21(27)25-13-9-18(10-14-25)24-11-3-4-12-24/h5-8,18H,3-4,9-14H2,1-2H3. The summed E-state index contributed by atoms with van der Waals surface area (Å²) in [4.78, 5) is 17.7. The Bertz CT molecular complexity index is 815. The van der Waals surface area contributed by atoms with Crippen molar-refractivity contribution in [2.75, 3.05) is 26.2 Å². The lowest BCUT2D eigenvalue weighted by Gasteiger charge is -2.36. The van der Waals surface area contributed by atoms with E-state index in [4.69, 9.17) is 0 Å². The zero-order chi connectivity index (χ0) is 19.0. The van der Waals surface area contributed by atoms with Crippen LogP contribution in [0.25, 0.3) is 5.69 Å². The first-order valence-electron chi connectivity index (χ1n) is 9.90. The summed E-state index contributed by atoms with van der Waals surface area (Å²) in [5.41, 5.74) is 2.98. The third-order valence-electron chi connectivity index (χ3n) is 5.99. The van der Waals surface area contributed by atoms with Crippen LogP contribution in [0.1, 0.15) is 47.4 Å². The summed E-state index contributed by atoms with van der Waals surface area (Å²) >= 11 is 0. The van der Waals surface area contributed by atoms with Crippen molar-refractivity contribution in [3.8, 4) is 5.69 Å². The second-order valence-electron chi connectivity index (χ2n) is 7.70. The maximum absolute atomic E-state index is 13.2. The Morgan fingerprint density at radius 3 is 2.30 bits per heavy atom. The molecular weight excluding hydrogens is 343 g/mol. The summed E-state index contributed by atoms with van der Waals surface area (Å²) in [6.45, 7) is 7.81. The average Bonchev–Trinajstić information content (AvgIpc) is 3.31. The highest BCUT2D eigenvalue weighted by Crippen LogP contribution is 2.25. The second kappa shape index (κ2) is 7.43. The van der Waals surface area contributed by atoms with Crippen molar-refractivity contribution < 1.29 is 9.18 Å². The van der Waals surface area contributed by atoms with Crippen molar-refractivity contribution in [1.82, 2.24) is 19.6 Å². The molecule has 2 aromatic rings. The van der Waals surface area contributed by atoms with Gasteiger partial charge in [-0.1, -0.05) is 0 Å². The summed E-state index contributed by atoms with van der Waals surface area (Å²) in [6, 6.07) is 6.82. The van der Waals surface area contributed by atoms with Gasteiger partial charge in [-0.15, -0.1) is 0 Å². The molecule has 2 saturated heterocycles. The molecule has 1 aromatic heterocycles. The predicted molar refractivity (Wildman–Crippen MR) is 103 cm³/mol. The van der Waals surface area contributed by atoms with E-state index in [1.807, 2.05) is 18.7 Å². The van der Waals surface area contributed by atoms with Crippen molar-refractivity contribution in [1.29, 1.82) is 0 Å². The van der Waals surface area contributed by atoms with E-state index in [1.165, 1.54) is 38.1 Å². The van der Waals surface area contributed by atoms with Gasteiger partial charge >= 0.3 is 0 Å². The number of aryl methyl sites for hydroxylation is 1. The molecule has 0 atom stereocenters. The van der Waals surface area contributed by atoms with Gasteiger partial charge < -0.3 is 9.80 Å². The number of amides is 1. The molecule has 1 aromatic carbocycles. The van der Waals surface area contributed by atoms with Crippen LogP contribution in [-0.2, 0) is 0 Å². The Morgan fingerprint density at radius 2 is 1.67 bits per heavy atom. The SMILES string of the molecule is Cc1nn(-c2ccc(F)cc2)c(C)c1C(=O)N1CCC(N2CCCC2)CC1. The molecule has 0 bridgehead atoms. The van der Waals surface area contributed by atoms with Crippen molar-refractivity contribution in [3.05, 3.63) is 47.0 Å². The van der Waals surface area contributed by atoms with Gasteiger partial charge in [-0.25, -0.2) is 9.07 Å². The maximum atomic E-state index is 13.2. The molecule has 1 amide bonds. The lowest BCUT2D eigenvalue weighted by Crippen LogP contribution is -2.46. The molecule has 3 heterocycles. The van der Waals surface area contributed by atoms with Crippen LogP contribution in [0.5, 0.6) is 0 Å². The van der Waals surface area contributed by atoms with Crippen LogP contribution in [0, 0.1) is 19.7 Å². The van der Waals surface area contributed by atoms with Gasteiger partial charge in [0.25, 0.3) is 5.91 Å². The normalized spacial score (nSPS) is 19.0. The van der Waals surface area contributed by atoms with Crippen molar-refractivity contribution in [3.63, 3.8) is 0 Å².